The van der Waals surface area contributed by atoms with Crippen LogP contribution in [0.3, 0.4) is 0 Å². The fourth-order valence-electron chi connectivity index (χ4n) is 2.17. The maximum absolute atomic E-state index is 12.1. The van der Waals surface area contributed by atoms with Crippen molar-refractivity contribution in [3.63, 3.8) is 0 Å². The SMILES string of the molecule is CC(C)(CN1C(=O)Cc2ccc(Cl)cc21)C(=O)NN. The van der Waals surface area contributed by atoms with Crippen LogP contribution < -0.4 is 16.2 Å². The lowest BCUT2D eigenvalue weighted by Crippen LogP contribution is -2.48. The van der Waals surface area contributed by atoms with Crippen molar-refractivity contribution in [2.24, 2.45) is 11.3 Å². The van der Waals surface area contributed by atoms with Crippen LogP contribution in [0.2, 0.25) is 5.02 Å². The van der Waals surface area contributed by atoms with Crippen molar-refractivity contribution in [1.29, 1.82) is 0 Å². The van der Waals surface area contributed by atoms with E-state index in [9.17, 15) is 9.59 Å². The molecule has 1 aromatic rings. The second-order valence-corrected chi connectivity index (χ2v) is 5.72. The van der Waals surface area contributed by atoms with Gasteiger partial charge in [0.05, 0.1) is 11.8 Å². The summed E-state index contributed by atoms with van der Waals surface area (Å²) >= 11 is 5.96. The smallest absolute Gasteiger partial charge is 0.241 e. The first-order chi connectivity index (χ1) is 8.85. The van der Waals surface area contributed by atoms with Crippen LogP contribution in [0.4, 0.5) is 5.69 Å². The molecule has 0 radical (unpaired) electrons. The number of carbonyl (C=O) groups excluding carboxylic acids is 2. The van der Waals surface area contributed by atoms with Crippen LogP contribution in [-0.2, 0) is 16.0 Å². The van der Waals surface area contributed by atoms with E-state index >= 15 is 0 Å². The largest absolute Gasteiger partial charge is 0.311 e. The Bertz CT molecular complexity index is 543. The van der Waals surface area contributed by atoms with E-state index in [1.54, 1.807) is 30.9 Å². The highest BCUT2D eigenvalue weighted by molar-refractivity contribution is 6.31. The van der Waals surface area contributed by atoms with Gasteiger partial charge in [0.25, 0.3) is 0 Å². The zero-order valence-electron chi connectivity index (χ0n) is 10.9. The number of halogens is 1. The second kappa shape index (κ2) is 4.83. The Labute approximate surface area is 116 Å². The topological polar surface area (TPSA) is 75.4 Å². The molecule has 2 amide bonds. The van der Waals surface area contributed by atoms with E-state index in [2.05, 4.69) is 5.43 Å². The van der Waals surface area contributed by atoms with Gasteiger partial charge >= 0.3 is 0 Å². The number of carbonyl (C=O) groups is 2. The number of hydrogen-bond acceptors (Lipinski definition) is 3. The van der Waals surface area contributed by atoms with Gasteiger partial charge in [-0.1, -0.05) is 17.7 Å². The average Bonchev–Trinajstić information content (AvgIpc) is 2.64. The molecule has 0 unspecified atom stereocenters. The highest BCUT2D eigenvalue weighted by Gasteiger charge is 2.36. The molecule has 3 N–H and O–H groups in total. The molecule has 0 saturated carbocycles. The second-order valence-electron chi connectivity index (χ2n) is 5.29. The lowest BCUT2D eigenvalue weighted by atomic mass is 9.91. The molecule has 0 bridgehead atoms. The van der Waals surface area contributed by atoms with Crippen LogP contribution >= 0.6 is 11.6 Å². The van der Waals surface area contributed by atoms with Gasteiger partial charge in [-0.3, -0.25) is 15.0 Å². The molecule has 0 aliphatic carbocycles. The molecule has 5 nitrogen and oxygen atoms in total. The van der Waals surface area contributed by atoms with E-state index in [-0.39, 0.29) is 18.4 Å². The van der Waals surface area contributed by atoms with Crippen molar-refractivity contribution in [3.8, 4) is 0 Å². The van der Waals surface area contributed by atoms with E-state index in [0.717, 1.165) is 11.3 Å². The minimum Gasteiger partial charge on any atom is -0.311 e. The molecule has 1 aromatic carbocycles. The van der Waals surface area contributed by atoms with Crippen LogP contribution in [0.1, 0.15) is 19.4 Å². The zero-order chi connectivity index (χ0) is 14.2. The molecule has 6 heteroatoms. The Kier molecular flexibility index (Phi) is 3.52. The third kappa shape index (κ3) is 2.57. The van der Waals surface area contributed by atoms with Crippen LogP contribution in [0.25, 0.3) is 0 Å². The van der Waals surface area contributed by atoms with Crippen LogP contribution in [0.15, 0.2) is 18.2 Å². The summed E-state index contributed by atoms with van der Waals surface area (Å²) in [5.74, 6) is 4.82. The predicted molar refractivity (Wildman–Crippen MR) is 73.6 cm³/mol. The molecule has 0 saturated heterocycles. The van der Waals surface area contributed by atoms with E-state index in [4.69, 9.17) is 17.4 Å². The zero-order valence-corrected chi connectivity index (χ0v) is 11.6. The highest BCUT2D eigenvalue weighted by Crippen LogP contribution is 2.33. The Balaban J connectivity index is 2.30. The molecule has 0 atom stereocenters. The highest BCUT2D eigenvalue weighted by atomic mass is 35.5. The standard InChI is InChI=1S/C13H16ClN3O2/c1-13(2,12(19)16-15)7-17-10-6-9(14)4-3-8(10)5-11(17)18/h3-4,6H,5,7,15H2,1-2H3,(H,16,19). The molecule has 0 aromatic heterocycles. The number of nitrogens with two attached hydrogens (primary N) is 1. The number of amides is 2. The molecule has 1 aliphatic rings. The Morgan fingerprint density at radius 1 is 1.53 bits per heavy atom. The van der Waals surface area contributed by atoms with Gasteiger partial charge in [0, 0.05) is 17.3 Å². The summed E-state index contributed by atoms with van der Waals surface area (Å²) < 4.78 is 0. The summed E-state index contributed by atoms with van der Waals surface area (Å²) in [5.41, 5.74) is 3.06. The molecule has 2 rings (SSSR count). The number of nitrogens with zero attached hydrogens (tertiary/aromatic N) is 1. The Morgan fingerprint density at radius 2 is 2.21 bits per heavy atom. The number of nitrogens with one attached hydrogen (secondary N) is 1. The average molecular weight is 282 g/mol. The first kappa shape index (κ1) is 13.8. The van der Waals surface area contributed by atoms with Crippen molar-refractivity contribution in [3.05, 3.63) is 28.8 Å². The number of fused-ring (bicyclic) bond motifs is 1. The minimum atomic E-state index is -0.770. The molecular formula is C13H16ClN3O2. The summed E-state index contributed by atoms with van der Waals surface area (Å²) in [7, 11) is 0. The number of anilines is 1. The van der Waals surface area contributed by atoms with E-state index < -0.39 is 5.41 Å². The molecule has 1 aliphatic heterocycles. The maximum Gasteiger partial charge on any atom is 0.241 e. The van der Waals surface area contributed by atoms with Gasteiger partial charge in [0.15, 0.2) is 0 Å². The number of benzene rings is 1. The fraction of sp³-hybridized carbons (Fsp3) is 0.385. The van der Waals surface area contributed by atoms with E-state index in [0.29, 0.717) is 11.4 Å². The first-order valence-electron chi connectivity index (χ1n) is 5.95. The third-order valence-corrected chi connectivity index (χ3v) is 3.52. The minimum absolute atomic E-state index is 0.0323. The Morgan fingerprint density at radius 3 is 2.84 bits per heavy atom. The van der Waals surface area contributed by atoms with Gasteiger partial charge < -0.3 is 4.90 Å². The number of hydrazine groups is 1. The number of hydrogen-bond donors (Lipinski definition) is 2. The molecule has 102 valence electrons. The van der Waals surface area contributed by atoms with Crippen molar-refractivity contribution < 1.29 is 9.59 Å². The van der Waals surface area contributed by atoms with Gasteiger partial charge in [0.1, 0.15) is 0 Å². The maximum atomic E-state index is 12.1. The lowest BCUT2D eigenvalue weighted by molar-refractivity contribution is -0.129. The van der Waals surface area contributed by atoms with Crippen molar-refractivity contribution >= 4 is 29.1 Å². The number of rotatable bonds is 3. The van der Waals surface area contributed by atoms with Gasteiger partial charge in [-0.25, -0.2) is 5.84 Å². The lowest BCUT2D eigenvalue weighted by Gasteiger charge is -2.28. The third-order valence-electron chi connectivity index (χ3n) is 3.28. The fourth-order valence-corrected chi connectivity index (χ4v) is 2.33. The van der Waals surface area contributed by atoms with Crippen molar-refractivity contribution in [2.75, 3.05) is 11.4 Å². The monoisotopic (exact) mass is 281 g/mol. The van der Waals surface area contributed by atoms with Crippen LogP contribution in [0, 0.1) is 5.41 Å². The molecule has 19 heavy (non-hydrogen) atoms. The Hall–Kier alpha value is -1.59. The quantitative estimate of drug-likeness (QED) is 0.497. The molecule has 0 fully saturated rings. The van der Waals surface area contributed by atoms with Crippen molar-refractivity contribution in [2.45, 2.75) is 20.3 Å². The summed E-state index contributed by atoms with van der Waals surface area (Å²) in [5, 5.41) is 0.569. The van der Waals surface area contributed by atoms with Crippen molar-refractivity contribution in [1.82, 2.24) is 5.43 Å². The van der Waals surface area contributed by atoms with E-state index in [1.807, 2.05) is 6.07 Å². The van der Waals surface area contributed by atoms with Crippen LogP contribution in [-0.4, -0.2) is 18.4 Å². The van der Waals surface area contributed by atoms with Gasteiger partial charge in [-0.2, -0.15) is 0 Å². The van der Waals surface area contributed by atoms with Gasteiger partial charge in [-0.05, 0) is 31.5 Å². The van der Waals surface area contributed by atoms with Gasteiger partial charge in [0.2, 0.25) is 11.8 Å². The molecule has 1 heterocycles. The van der Waals surface area contributed by atoms with Crippen LogP contribution in [0.5, 0.6) is 0 Å². The summed E-state index contributed by atoms with van der Waals surface area (Å²) in [6, 6.07) is 5.35. The summed E-state index contributed by atoms with van der Waals surface area (Å²) in [6.45, 7) is 3.75. The molecular weight excluding hydrogens is 266 g/mol. The normalized spacial score (nSPS) is 14.5. The predicted octanol–water partition coefficient (Wildman–Crippen LogP) is 1.25. The van der Waals surface area contributed by atoms with Gasteiger partial charge in [-0.15, -0.1) is 0 Å². The first-order valence-corrected chi connectivity index (χ1v) is 6.33. The summed E-state index contributed by atoms with van der Waals surface area (Å²) in [4.78, 5) is 25.4. The molecule has 0 spiro atoms. The van der Waals surface area contributed by atoms with E-state index in [1.165, 1.54) is 0 Å². The summed E-state index contributed by atoms with van der Waals surface area (Å²) in [6.07, 6.45) is 0.340.